The van der Waals surface area contributed by atoms with Crippen LogP contribution in [-0.2, 0) is 5.54 Å². The number of amidine groups is 1. The molecule has 1 amide bonds. The van der Waals surface area contributed by atoms with Crippen LogP contribution >= 0.6 is 0 Å². The maximum atomic E-state index is 14.6. The van der Waals surface area contributed by atoms with Crippen LogP contribution in [0.2, 0.25) is 0 Å². The first kappa shape index (κ1) is 20.6. The smallest absolute Gasteiger partial charge is 0.280 e. The molecule has 29 heavy (non-hydrogen) atoms. The number of nitrogens with zero attached hydrogens (tertiary/aromatic N) is 2. The lowest BCUT2D eigenvalue weighted by Gasteiger charge is -2.39. The number of carbonyl (C=O) groups excluding carboxylic acids is 1. The van der Waals surface area contributed by atoms with E-state index >= 15 is 0 Å². The Labute approximate surface area is 163 Å². The van der Waals surface area contributed by atoms with Crippen molar-refractivity contribution in [1.82, 2.24) is 4.98 Å². The maximum absolute atomic E-state index is 14.6. The van der Waals surface area contributed by atoms with Gasteiger partial charge in [0.15, 0.2) is 5.54 Å². The minimum Gasteiger partial charge on any atom is -0.495 e. The van der Waals surface area contributed by atoms with Crippen LogP contribution in [0.25, 0.3) is 0 Å². The van der Waals surface area contributed by atoms with Crippen LogP contribution < -0.4 is 15.8 Å². The predicted molar refractivity (Wildman–Crippen MR) is 98.6 cm³/mol. The van der Waals surface area contributed by atoms with Gasteiger partial charge >= 0.3 is 0 Å². The fourth-order valence-electron chi connectivity index (χ4n) is 3.08. The SMILES string of the molecule is COc1ccc(C(=O)Nc2ccc(F)c([C@@]3(CF)N=C(N)CCC3(F)F)c2)nc1. The molecule has 0 saturated heterocycles. The fourth-order valence-corrected chi connectivity index (χ4v) is 3.08. The Balaban J connectivity index is 1.97. The molecule has 2 heterocycles. The first-order valence-electron chi connectivity index (χ1n) is 8.62. The molecule has 1 aliphatic rings. The van der Waals surface area contributed by atoms with Crippen molar-refractivity contribution >= 4 is 17.4 Å². The van der Waals surface area contributed by atoms with Crippen molar-refractivity contribution in [3.8, 4) is 5.75 Å². The van der Waals surface area contributed by atoms with Crippen molar-refractivity contribution in [2.75, 3.05) is 19.1 Å². The zero-order valence-electron chi connectivity index (χ0n) is 15.4. The summed E-state index contributed by atoms with van der Waals surface area (Å²) in [5.74, 6) is -5.17. The van der Waals surface area contributed by atoms with Crippen LogP contribution in [0.15, 0.2) is 41.5 Å². The highest BCUT2D eigenvalue weighted by molar-refractivity contribution is 6.02. The number of alkyl halides is 3. The van der Waals surface area contributed by atoms with E-state index in [0.717, 1.165) is 12.1 Å². The highest BCUT2D eigenvalue weighted by atomic mass is 19.3. The molecule has 3 N–H and O–H groups in total. The highest BCUT2D eigenvalue weighted by Gasteiger charge is 2.58. The number of hydrogen-bond acceptors (Lipinski definition) is 5. The van der Waals surface area contributed by atoms with Gasteiger partial charge in [-0.3, -0.25) is 9.79 Å². The lowest BCUT2D eigenvalue weighted by atomic mass is 9.80. The number of methoxy groups -OCH3 is 1. The molecule has 0 saturated carbocycles. The topological polar surface area (TPSA) is 89.6 Å². The lowest BCUT2D eigenvalue weighted by molar-refractivity contribution is -0.0959. The third-order valence-electron chi connectivity index (χ3n) is 4.70. The highest BCUT2D eigenvalue weighted by Crippen LogP contribution is 2.48. The summed E-state index contributed by atoms with van der Waals surface area (Å²) in [5.41, 5.74) is 2.07. The largest absolute Gasteiger partial charge is 0.495 e. The quantitative estimate of drug-likeness (QED) is 0.739. The zero-order valence-corrected chi connectivity index (χ0v) is 15.4. The Kier molecular flexibility index (Phi) is 5.45. The maximum Gasteiger partial charge on any atom is 0.280 e. The molecule has 0 unspecified atom stereocenters. The Morgan fingerprint density at radius 3 is 2.69 bits per heavy atom. The van der Waals surface area contributed by atoms with Gasteiger partial charge in [-0.25, -0.2) is 22.5 Å². The molecule has 0 bridgehead atoms. The van der Waals surface area contributed by atoms with Crippen LogP contribution in [0.1, 0.15) is 28.9 Å². The predicted octanol–water partition coefficient (Wildman–Crippen LogP) is 3.43. The van der Waals surface area contributed by atoms with Gasteiger partial charge in [0.25, 0.3) is 11.8 Å². The molecule has 3 rings (SSSR count). The van der Waals surface area contributed by atoms with E-state index in [0.29, 0.717) is 5.75 Å². The number of nitrogens with two attached hydrogens (primary N) is 1. The van der Waals surface area contributed by atoms with Crippen molar-refractivity contribution in [2.24, 2.45) is 10.7 Å². The van der Waals surface area contributed by atoms with Gasteiger partial charge in [-0.1, -0.05) is 0 Å². The fraction of sp³-hybridized carbons (Fsp3) is 0.316. The van der Waals surface area contributed by atoms with Gasteiger partial charge in [-0.05, 0) is 30.3 Å². The number of aromatic nitrogens is 1. The second-order valence-electron chi connectivity index (χ2n) is 6.53. The van der Waals surface area contributed by atoms with Gasteiger partial charge in [0.1, 0.15) is 23.9 Å². The average molecular weight is 410 g/mol. The average Bonchev–Trinajstić information content (AvgIpc) is 2.71. The molecule has 0 fully saturated rings. The summed E-state index contributed by atoms with van der Waals surface area (Å²) in [6.45, 7) is -1.66. The molecule has 154 valence electrons. The number of aliphatic imine (C=N–C) groups is 1. The van der Waals surface area contributed by atoms with Crippen LogP contribution in [0, 0.1) is 5.82 Å². The summed E-state index contributed by atoms with van der Waals surface area (Å²) in [4.78, 5) is 19.8. The number of anilines is 1. The van der Waals surface area contributed by atoms with E-state index in [1.165, 1.54) is 31.5 Å². The number of rotatable bonds is 5. The Morgan fingerprint density at radius 1 is 1.31 bits per heavy atom. The second-order valence-corrected chi connectivity index (χ2v) is 6.53. The van der Waals surface area contributed by atoms with Gasteiger partial charge in [0, 0.05) is 24.1 Å². The Bertz CT molecular complexity index is 950. The first-order valence-corrected chi connectivity index (χ1v) is 8.62. The van der Waals surface area contributed by atoms with E-state index in [1.54, 1.807) is 0 Å². The van der Waals surface area contributed by atoms with Crippen LogP contribution in [0.4, 0.5) is 23.2 Å². The number of benzene rings is 1. The number of pyridine rings is 1. The van der Waals surface area contributed by atoms with Crippen LogP contribution in [-0.4, -0.2) is 36.4 Å². The molecular weight excluding hydrogens is 392 g/mol. The zero-order chi connectivity index (χ0) is 21.2. The Hall–Kier alpha value is -3.17. The standard InChI is InChI=1S/C19H18F4N4O2/c1-29-12-3-5-15(25-9-12)17(28)26-11-2-4-14(21)13(8-11)18(10-20)19(22,23)7-6-16(24)27-18/h2-5,8-9H,6-7,10H2,1H3,(H2,24,27)(H,26,28)/t18-/m1/s1. The van der Waals surface area contributed by atoms with Gasteiger partial charge < -0.3 is 15.8 Å². The van der Waals surface area contributed by atoms with Crippen molar-refractivity contribution in [3.63, 3.8) is 0 Å². The van der Waals surface area contributed by atoms with Crippen molar-refractivity contribution in [2.45, 2.75) is 24.3 Å². The molecule has 0 spiro atoms. The van der Waals surface area contributed by atoms with E-state index in [4.69, 9.17) is 10.5 Å². The van der Waals surface area contributed by atoms with Crippen LogP contribution in [0.5, 0.6) is 5.75 Å². The summed E-state index contributed by atoms with van der Waals surface area (Å²) >= 11 is 0. The molecule has 10 heteroatoms. The van der Waals surface area contributed by atoms with Gasteiger partial charge in [0.05, 0.1) is 19.1 Å². The van der Waals surface area contributed by atoms with E-state index in [2.05, 4.69) is 15.3 Å². The van der Waals surface area contributed by atoms with Crippen LogP contribution in [0.3, 0.4) is 0 Å². The van der Waals surface area contributed by atoms with Crippen molar-refractivity contribution in [1.29, 1.82) is 0 Å². The van der Waals surface area contributed by atoms with Gasteiger partial charge in [-0.2, -0.15) is 0 Å². The normalized spacial score (nSPS) is 20.7. The summed E-state index contributed by atoms with van der Waals surface area (Å²) < 4.78 is 62.5. The number of halogens is 4. The lowest BCUT2D eigenvalue weighted by Crippen LogP contribution is -2.51. The van der Waals surface area contributed by atoms with E-state index < -0.39 is 41.8 Å². The summed E-state index contributed by atoms with van der Waals surface area (Å²) in [6, 6.07) is 5.87. The van der Waals surface area contributed by atoms with E-state index in [9.17, 15) is 22.4 Å². The number of carbonyl (C=O) groups is 1. The van der Waals surface area contributed by atoms with Crippen molar-refractivity contribution < 1.29 is 27.1 Å². The third kappa shape index (κ3) is 3.74. The molecule has 1 aromatic carbocycles. The summed E-state index contributed by atoms with van der Waals surface area (Å²) in [7, 11) is 1.44. The second kappa shape index (κ2) is 7.69. The molecular formula is C19H18F4N4O2. The minimum atomic E-state index is -3.66. The first-order chi connectivity index (χ1) is 13.7. The third-order valence-corrected chi connectivity index (χ3v) is 4.70. The molecule has 0 radical (unpaired) electrons. The monoisotopic (exact) mass is 410 g/mol. The molecule has 6 nitrogen and oxygen atoms in total. The van der Waals surface area contributed by atoms with Gasteiger partial charge in [0.2, 0.25) is 0 Å². The molecule has 1 aromatic heterocycles. The number of ether oxygens (including phenoxy) is 1. The minimum absolute atomic E-state index is 0.0159. The van der Waals surface area contributed by atoms with E-state index in [-0.39, 0.29) is 23.6 Å². The van der Waals surface area contributed by atoms with E-state index in [1.807, 2.05) is 0 Å². The molecule has 1 atom stereocenters. The molecule has 0 aliphatic carbocycles. The number of hydrogen-bond donors (Lipinski definition) is 2. The molecule has 2 aromatic rings. The van der Waals surface area contributed by atoms with Gasteiger partial charge in [-0.15, -0.1) is 0 Å². The molecule has 1 aliphatic heterocycles. The number of amides is 1. The number of nitrogens with one attached hydrogen (secondary N) is 1. The summed E-state index contributed by atoms with van der Waals surface area (Å²) in [6.07, 6.45) is 0.331. The Morgan fingerprint density at radius 2 is 2.07 bits per heavy atom. The summed E-state index contributed by atoms with van der Waals surface area (Å²) in [5, 5.41) is 2.43. The van der Waals surface area contributed by atoms with Crippen molar-refractivity contribution in [3.05, 3.63) is 53.6 Å².